The first-order chi connectivity index (χ1) is 10.6. The number of aromatic nitrogens is 1. The minimum absolute atomic E-state index is 0.143. The van der Waals surface area contributed by atoms with Crippen molar-refractivity contribution in [2.24, 2.45) is 0 Å². The van der Waals surface area contributed by atoms with Crippen molar-refractivity contribution in [2.75, 3.05) is 25.5 Å². The molecule has 2 aromatic rings. The fourth-order valence-corrected chi connectivity index (χ4v) is 3.11. The number of benzene rings is 1. The Hall–Kier alpha value is -1.88. The predicted octanol–water partition coefficient (Wildman–Crippen LogP) is 3.06. The molecular weight excluding hydrogens is 294 g/mol. The fraction of sp³-hybridized carbons (Fsp3) is 0.412. The second-order valence-electron chi connectivity index (χ2n) is 5.85. The van der Waals surface area contributed by atoms with E-state index in [2.05, 4.69) is 4.98 Å². The molecule has 1 aliphatic carbocycles. The van der Waals surface area contributed by atoms with E-state index in [1.165, 1.54) is 0 Å². The number of anilines is 1. The Labute approximate surface area is 135 Å². The smallest absolute Gasteiger partial charge is 0.254 e. The molecule has 1 heterocycles. The highest BCUT2D eigenvalue weighted by atomic mass is 32.1. The number of carbonyl (C=O) groups excluding carboxylic acids is 1. The van der Waals surface area contributed by atoms with Gasteiger partial charge in [-0.3, -0.25) is 4.79 Å². The van der Waals surface area contributed by atoms with E-state index in [1.807, 2.05) is 59.7 Å². The van der Waals surface area contributed by atoms with Crippen LogP contribution < -0.4 is 4.90 Å². The number of hydrogen-bond donors (Lipinski definition) is 0. The lowest BCUT2D eigenvalue weighted by atomic mass is 10.1. The molecule has 1 amide bonds. The van der Waals surface area contributed by atoms with Gasteiger partial charge in [-0.1, -0.05) is 0 Å². The number of amides is 1. The van der Waals surface area contributed by atoms with Gasteiger partial charge in [-0.25, -0.2) is 4.98 Å². The minimum Gasteiger partial charge on any atom is -0.378 e. The van der Waals surface area contributed by atoms with Crippen LogP contribution in [0.2, 0.25) is 0 Å². The summed E-state index contributed by atoms with van der Waals surface area (Å²) >= 11 is 1.66. The minimum atomic E-state index is 0.143. The van der Waals surface area contributed by atoms with Crippen LogP contribution in [0.4, 0.5) is 5.69 Å². The molecule has 1 saturated carbocycles. The van der Waals surface area contributed by atoms with Gasteiger partial charge in [0.25, 0.3) is 5.91 Å². The molecule has 0 bridgehead atoms. The molecule has 0 unspecified atom stereocenters. The second-order valence-corrected chi connectivity index (χ2v) is 6.83. The Bertz CT molecular complexity index is 618. The van der Waals surface area contributed by atoms with Crippen LogP contribution in [0.25, 0.3) is 0 Å². The normalized spacial score (nSPS) is 13.9. The van der Waals surface area contributed by atoms with E-state index < -0.39 is 0 Å². The Morgan fingerprint density at radius 2 is 2.00 bits per heavy atom. The average molecular weight is 315 g/mol. The van der Waals surface area contributed by atoms with Crippen LogP contribution >= 0.6 is 11.3 Å². The largest absolute Gasteiger partial charge is 0.378 e. The van der Waals surface area contributed by atoms with Crippen molar-refractivity contribution >= 4 is 22.9 Å². The van der Waals surface area contributed by atoms with Gasteiger partial charge in [0.1, 0.15) is 0 Å². The maximum absolute atomic E-state index is 12.8. The number of rotatable bonds is 6. The zero-order valence-electron chi connectivity index (χ0n) is 13.0. The van der Waals surface area contributed by atoms with Gasteiger partial charge in [-0.15, -0.1) is 11.3 Å². The Balaban J connectivity index is 1.69. The molecule has 1 fully saturated rings. The first kappa shape index (κ1) is 15.0. The Morgan fingerprint density at radius 1 is 1.27 bits per heavy atom. The van der Waals surface area contributed by atoms with Gasteiger partial charge in [-0.2, -0.15) is 0 Å². The van der Waals surface area contributed by atoms with Crippen LogP contribution in [0.3, 0.4) is 0 Å². The van der Waals surface area contributed by atoms with Gasteiger partial charge in [0, 0.05) is 55.9 Å². The van der Waals surface area contributed by atoms with Crippen molar-refractivity contribution in [1.82, 2.24) is 9.88 Å². The molecule has 22 heavy (non-hydrogen) atoms. The molecule has 0 N–H and O–H groups in total. The summed E-state index contributed by atoms with van der Waals surface area (Å²) in [6.45, 7) is 0.756. The number of nitrogens with zero attached hydrogens (tertiary/aromatic N) is 3. The lowest BCUT2D eigenvalue weighted by molar-refractivity contribution is 0.0745. The first-order valence-corrected chi connectivity index (χ1v) is 8.50. The van der Waals surface area contributed by atoms with E-state index in [-0.39, 0.29) is 5.91 Å². The molecule has 3 rings (SSSR count). The zero-order valence-corrected chi connectivity index (χ0v) is 13.8. The van der Waals surface area contributed by atoms with Gasteiger partial charge < -0.3 is 9.80 Å². The van der Waals surface area contributed by atoms with Gasteiger partial charge >= 0.3 is 0 Å². The van der Waals surface area contributed by atoms with Crippen LogP contribution in [0.1, 0.15) is 28.2 Å². The van der Waals surface area contributed by atoms with Crippen molar-refractivity contribution in [3.63, 3.8) is 0 Å². The molecule has 4 nitrogen and oxygen atoms in total. The van der Waals surface area contributed by atoms with Gasteiger partial charge in [-0.05, 0) is 37.1 Å². The van der Waals surface area contributed by atoms with Crippen molar-refractivity contribution in [2.45, 2.75) is 25.3 Å². The zero-order chi connectivity index (χ0) is 15.5. The lowest BCUT2D eigenvalue weighted by Crippen LogP contribution is -2.34. The molecule has 1 aromatic carbocycles. The van der Waals surface area contributed by atoms with E-state index in [1.54, 1.807) is 11.3 Å². The molecule has 0 saturated heterocycles. The third-order valence-electron chi connectivity index (χ3n) is 3.93. The first-order valence-electron chi connectivity index (χ1n) is 7.62. The number of hydrogen-bond acceptors (Lipinski definition) is 4. The number of thiazole rings is 1. The van der Waals surface area contributed by atoms with E-state index in [4.69, 9.17) is 0 Å². The maximum Gasteiger partial charge on any atom is 0.254 e. The van der Waals surface area contributed by atoms with Crippen LogP contribution in [0.5, 0.6) is 0 Å². The summed E-state index contributed by atoms with van der Waals surface area (Å²) in [5.41, 5.74) is 1.88. The molecule has 0 aliphatic heterocycles. The summed E-state index contributed by atoms with van der Waals surface area (Å²) in [6.07, 6.45) is 4.91. The predicted molar refractivity (Wildman–Crippen MR) is 90.6 cm³/mol. The summed E-state index contributed by atoms with van der Waals surface area (Å²) in [4.78, 5) is 21.1. The fourth-order valence-electron chi connectivity index (χ4n) is 2.50. The third-order valence-corrected chi connectivity index (χ3v) is 4.77. The van der Waals surface area contributed by atoms with Gasteiger partial charge in [0.05, 0.1) is 5.01 Å². The highest BCUT2D eigenvalue weighted by Gasteiger charge is 2.32. The van der Waals surface area contributed by atoms with Crippen molar-refractivity contribution in [1.29, 1.82) is 0 Å². The molecule has 0 radical (unpaired) electrons. The summed E-state index contributed by atoms with van der Waals surface area (Å²) in [5, 5.41) is 3.08. The second kappa shape index (κ2) is 6.48. The Morgan fingerprint density at radius 3 is 2.55 bits per heavy atom. The highest BCUT2D eigenvalue weighted by Crippen LogP contribution is 2.29. The molecular formula is C17H21N3OS. The summed E-state index contributed by atoms with van der Waals surface area (Å²) < 4.78 is 0. The average Bonchev–Trinajstić information content (AvgIpc) is 3.22. The molecule has 5 heteroatoms. The highest BCUT2D eigenvalue weighted by molar-refractivity contribution is 7.09. The lowest BCUT2D eigenvalue weighted by Gasteiger charge is -2.22. The van der Waals surface area contributed by atoms with E-state index >= 15 is 0 Å². The van der Waals surface area contributed by atoms with Crippen molar-refractivity contribution in [3.8, 4) is 0 Å². The Kier molecular flexibility index (Phi) is 4.43. The topological polar surface area (TPSA) is 36.4 Å². The van der Waals surface area contributed by atoms with Crippen LogP contribution in [-0.4, -0.2) is 42.5 Å². The molecule has 1 aromatic heterocycles. The van der Waals surface area contributed by atoms with Crippen LogP contribution in [-0.2, 0) is 6.42 Å². The molecule has 1 aliphatic rings. The third kappa shape index (κ3) is 3.47. The maximum atomic E-state index is 12.8. The van der Waals surface area contributed by atoms with Crippen molar-refractivity contribution < 1.29 is 4.79 Å². The molecule has 0 spiro atoms. The van der Waals surface area contributed by atoms with E-state index in [0.29, 0.717) is 6.04 Å². The monoisotopic (exact) mass is 315 g/mol. The quantitative estimate of drug-likeness (QED) is 0.822. The standard InChI is InChI=1S/C17H21N3OS/c1-19(2)14-5-3-13(4-6-14)17(21)20(15-7-8-15)11-9-16-18-10-12-22-16/h3-6,10,12,15H,7-9,11H2,1-2H3. The van der Waals surface area contributed by atoms with Crippen LogP contribution in [0, 0.1) is 0 Å². The van der Waals surface area contributed by atoms with Crippen molar-refractivity contribution in [3.05, 3.63) is 46.4 Å². The molecule has 0 atom stereocenters. The number of carbonyl (C=O) groups is 1. The summed E-state index contributed by atoms with van der Waals surface area (Å²) in [5.74, 6) is 0.143. The SMILES string of the molecule is CN(C)c1ccc(C(=O)N(CCc2nccs2)C2CC2)cc1. The van der Waals surface area contributed by atoms with E-state index in [9.17, 15) is 4.79 Å². The van der Waals surface area contributed by atoms with E-state index in [0.717, 1.165) is 42.1 Å². The summed E-state index contributed by atoms with van der Waals surface area (Å²) in [6, 6.07) is 8.27. The summed E-state index contributed by atoms with van der Waals surface area (Å²) in [7, 11) is 4.00. The van der Waals surface area contributed by atoms with Gasteiger partial charge in [0.2, 0.25) is 0 Å². The van der Waals surface area contributed by atoms with Gasteiger partial charge in [0.15, 0.2) is 0 Å². The molecule has 116 valence electrons. The van der Waals surface area contributed by atoms with Crippen LogP contribution in [0.15, 0.2) is 35.8 Å².